The van der Waals surface area contributed by atoms with E-state index in [0.29, 0.717) is 28.5 Å². The smallest absolute Gasteiger partial charge is 0.332 e. The molecule has 2 heterocycles. The molecule has 1 aliphatic carbocycles. The summed E-state index contributed by atoms with van der Waals surface area (Å²) in [4.78, 5) is 26.6. The molecule has 134 valence electrons. The number of carbonyl (C=O) groups is 1. The van der Waals surface area contributed by atoms with Crippen molar-refractivity contribution in [3.05, 3.63) is 71.6 Å². The van der Waals surface area contributed by atoms with Crippen LogP contribution in [0.2, 0.25) is 0 Å². The lowest BCUT2D eigenvalue weighted by Gasteiger charge is -2.21. The zero-order chi connectivity index (χ0) is 19.0. The Morgan fingerprint density at radius 1 is 1.19 bits per heavy atom. The van der Waals surface area contributed by atoms with Gasteiger partial charge in [-0.2, -0.15) is 0 Å². The van der Waals surface area contributed by atoms with Crippen molar-refractivity contribution in [2.45, 2.75) is 6.42 Å². The Balaban J connectivity index is 1.87. The molecular formula is C20H15FN4O2. The van der Waals surface area contributed by atoms with Crippen molar-refractivity contribution < 1.29 is 14.3 Å². The Morgan fingerprint density at radius 3 is 2.63 bits per heavy atom. The number of aromatic nitrogens is 3. The van der Waals surface area contributed by atoms with Crippen LogP contribution < -0.4 is 4.90 Å². The first-order chi connectivity index (χ1) is 13.0. The fourth-order valence-electron chi connectivity index (χ4n) is 2.96. The van der Waals surface area contributed by atoms with Crippen LogP contribution in [0.25, 0.3) is 17.3 Å². The van der Waals surface area contributed by atoms with Gasteiger partial charge in [-0.3, -0.25) is 4.98 Å². The Kier molecular flexibility index (Phi) is 4.12. The van der Waals surface area contributed by atoms with Crippen molar-refractivity contribution in [2.75, 3.05) is 11.9 Å². The van der Waals surface area contributed by atoms with Gasteiger partial charge in [0, 0.05) is 30.8 Å². The molecule has 0 atom stereocenters. The zero-order valence-electron chi connectivity index (χ0n) is 14.4. The van der Waals surface area contributed by atoms with Gasteiger partial charge in [-0.1, -0.05) is 0 Å². The van der Waals surface area contributed by atoms with Gasteiger partial charge in [0.05, 0.1) is 23.3 Å². The highest BCUT2D eigenvalue weighted by molar-refractivity contribution is 5.95. The van der Waals surface area contributed by atoms with Crippen LogP contribution in [-0.4, -0.2) is 33.1 Å². The average Bonchev–Trinajstić information content (AvgIpc) is 3.11. The molecule has 0 aliphatic heterocycles. The average molecular weight is 362 g/mol. The molecule has 7 heteroatoms. The predicted molar refractivity (Wildman–Crippen MR) is 99.0 cm³/mol. The molecule has 0 unspecified atom stereocenters. The summed E-state index contributed by atoms with van der Waals surface area (Å²) >= 11 is 0. The number of rotatable bonds is 4. The summed E-state index contributed by atoms with van der Waals surface area (Å²) in [5.74, 6) is -0.781. The monoisotopic (exact) mass is 362 g/mol. The summed E-state index contributed by atoms with van der Waals surface area (Å²) in [6.07, 6.45) is 5.13. The van der Waals surface area contributed by atoms with Crippen molar-refractivity contribution >= 4 is 23.6 Å². The second-order valence-electron chi connectivity index (χ2n) is 6.16. The van der Waals surface area contributed by atoms with E-state index in [2.05, 4.69) is 15.0 Å². The van der Waals surface area contributed by atoms with Gasteiger partial charge in [0.2, 0.25) is 0 Å². The van der Waals surface area contributed by atoms with Crippen LogP contribution in [0.4, 0.5) is 15.9 Å². The third kappa shape index (κ3) is 3.15. The van der Waals surface area contributed by atoms with Gasteiger partial charge < -0.3 is 10.0 Å². The molecule has 1 N–H and O–H groups in total. The number of aliphatic carboxylic acids is 1. The zero-order valence-corrected chi connectivity index (χ0v) is 14.4. The van der Waals surface area contributed by atoms with Gasteiger partial charge in [0.1, 0.15) is 11.5 Å². The van der Waals surface area contributed by atoms with E-state index in [0.717, 1.165) is 5.69 Å². The van der Waals surface area contributed by atoms with Crippen LogP contribution in [0.1, 0.15) is 11.4 Å². The van der Waals surface area contributed by atoms with E-state index in [1.807, 2.05) is 24.1 Å². The first kappa shape index (κ1) is 16.8. The Morgan fingerprint density at radius 2 is 1.96 bits per heavy atom. The summed E-state index contributed by atoms with van der Waals surface area (Å²) in [6.45, 7) is 0. The standard InChI is InChI=1S/C20H15FN4O2/c1-25(15-3-2-8-22-11-15)19-18(12-4-6-14(21)7-5-12)23-16-9-13(20(26)27)10-17(16)24-19/h2-9,11H,10H2,1H3,(H,26,27). The largest absolute Gasteiger partial charge is 0.478 e. The molecule has 3 aromatic rings. The summed E-state index contributed by atoms with van der Waals surface area (Å²) < 4.78 is 13.4. The molecule has 0 amide bonds. The first-order valence-electron chi connectivity index (χ1n) is 8.27. The minimum Gasteiger partial charge on any atom is -0.478 e. The van der Waals surface area contributed by atoms with Crippen LogP contribution in [-0.2, 0) is 11.2 Å². The van der Waals surface area contributed by atoms with E-state index in [9.17, 15) is 14.3 Å². The van der Waals surface area contributed by atoms with Crippen LogP contribution >= 0.6 is 0 Å². The van der Waals surface area contributed by atoms with Crippen LogP contribution in [0.3, 0.4) is 0 Å². The topological polar surface area (TPSA) is 79.2 Å². The highest BCUT2D eigenvalue weighted by Gasteiger charge is 2.25. The Labute approximate surface area is 154 Å². The van der Waals surface area contributed by atoms with Gasteiger partial charge in [-0.05, 0) is 42.5 Å². The van der Waals surface area contributed by atoms with Gasteiger partial charge in [-0.15, -0.1) is 0 Å². The van der Waals surface area contributed by atoms with E-state index < -0.39 is 5.97 Å². The Bertz CT molecular complexity index is 1050. The molecule has 0 saturated heterocycles. The lowest BCUT2D eigenvalue weighted by atomic mass is 10.1. The van der Waals surface area contributed by atoms with Gasteiger partial charge in [-0.25, -0.2) is 19.2 Å². The second kappa shape index (κ2) is 6.60. The van der Waals surface area contributed by atoms with Crippen molar-refractivity contribution in [1.29, 1.82) is 0 Å². The number of benzene rings is 1. The van der Waals surface area contributed by atoms with Gasteiger partial charge >= 0.3 is 5.97 Å². The fourth-order valence-corrected chi connectivity index (χ4v) is 2.96. The number of fused-ring (bicyclic) bond motifs is 1. The molecule has 2 aromatic heterocycles. The molecule has 0 bridgehead atoms. The number of pyridine rings is 1. The van der Waals surface area contributed by atoms with Crippen LogP contribution in [0.15, 0.2) is 54.4 Å². The number of halogens is 1. The van der Waals surface area contributed by atoms with Crippen molar-refractivity contribution in [2.24, 2.45) is 0 Å². The SMILES string of the molecule is CN(c1cccnc1)c1nc2c(nc1-c1ccc(F)cc1)C=C(C(=O)O)C2. The van der Waals surface area contributed by atoms with E-state index >= 15 is 0 Å². The summed E-state index contributed by atoms with van der Waals surface area (Å²) in [7, 11) is 1.83. The highest BCUT2D eigenvalue weighted by Crippen LogP contribution is 2.34. The molecule has 1 aliphatic rings. The van der Waals surface area contributed by atoms with Crippen LogP contribution in [0, 0.1) is 5.82 Å². The third-order valence-electron chi connectivity index (χ3n) is 4.39. The minimum absolute atomic E-state index is 0.218. The van der Waals surface area contributed by atoms with Crippen molar-refractivity contribution in [3.8, 4) is 11.3 Å². The number of hydrogen-bond acceptors (Lipinski definition) is 5. The van der Waals surface area contributed by atoms with Crippen molar-refractivity contribution in [3.63, 3.8) is 0 Å². The summed E-state index contributed by atoms with van der Waals surface area (Å²) in [6, 6.07) is 9.67. The number of carboxylic acid groups (broad SMARTS) is 1. The lowest BCUT2D eigenvalue weighted by molar-refractivity contribution is -0.132. The predicted octanol–water partition coefficient (Wildman–Crippen LogP) is 3.47. The molecule has 0 spiro atoms. The molecular weight excluding hydrogens is 347 g/mol. The second-order valence-corrected chi connectivity index (χ2v) is 6.16. The van der Waals surface area contributed by atoms with Crippen LogP contribution in [0.5, 0.6) is 0 Å². The third-order valence-corrected chi connectivity index (χ3v) is 4.39. The molecule has 6 nitrogen and oxygen atoms in total. The maximum absolute atomic E-state index is 13.4. The Hall–Kier alpha value is -3.61. The quantitative estimate of drug-likeness (QED) is 0.766. The first-order valence-corrected chi connectivity index (χ1v) is 8.27. The maximum Gasteiger partial charge on any atom is 0.332 e. The number of nitrogens with zero attached hydrogens (tertiary/aromatic N) is 4. The number of hydrogen-bond donors (Lipinski definition) is 1. The van der Waals surface area contributed by atoms with E-state index in [-0.39, 0.29) is 17.8 Å². The maximum atomic E-state index is 13.4. The molecule has 27 heavy (non-hydrogen) atoms. The highest BCUT2D eigenvalue weighted by atomic mass is 19.1. The van der Waals surface area contributed by atoms with Gasteiger partial charge in [0.15, 0.2) is 5.82 Å². The molecule has 0 fully saturated rings. The summed E-state index contributed by atoms with van der Waals surface area (Å²) in [5.41, 5.74) is 3.41. The van der Waals surface area contributed by atoms with Gasteiger partial charge in [0.25, 0.3) is 0 Å². The molecule has 0 saturated carbocycles. The molecule has 1 aromatic carbocycles. The normalized spacial score (nSPS) is 12.4. The fraction of sp³-hybridized carbons (Fsp3) is 0.100. The van der Waals surface area contributed by atoms with Crippen molar-refractivity contribution in [1.82, 2.24) is 15.0 Å². The molecule has 4 rings (SSSR count). The van der Waals surface area contributed by atoms with E-state index in [1.54, 1.807) is 24.5 Å². The molecule has 0 radical (unpaired) electrons. The van der Waals surface area contributed by atoms with E-state index in [4.69, 9.17) is 0 Å². The minimum atomic E-state index is -0.986. The number of anilines is 2. The number of carboxylic acids is 1. The lowest BCUT2D eigenvalue weighted by Crippen LogP contribution is -2.15. The summed E-state index contributed by atoms with van der Waals surface area (Å²) in [5, 5.41) is 9.27. The van der Waals surface area contributed by atoms with E-state index in [1.165, 1.54) is 18.2 Å².